The summed E-state index contributed by atoms with van der Waals surface area (Å²) in [7, 11) is 0. The monoisotopic (exact) mass is 260 g/mol. The molecule has 0 aliphatic rings. The summed E-state index contributed by atoms with van der Waals surface area (Å²) in [6, 6.07) is 8.47. The Morgan fingerprint density at radius 3 is 2.63 bits per heavy atom. The van der Waals surface area contributed by atoms with E-state index in [2.05, 4.69) is 61.1 Å². The lowest BCUT2D eigenvalue weighted by Crippen LogP contribution is -2.35. The summed E-state index contributed by atoms with van der Waals surface area (Å²) in [5.41, 5.74) is 2.60. The highest BCUT2D eigenvalue weighted by Gasteiger charge is 2.12. The van der Waals surface area contributed by atoms with Gasteiger partial charge >= 0.3 is 0 Å². The van der Waals surface area contributed by atoms with E-state index in [0.29, 0.717) is 6.54 Å². The van der Waals surface area contributed by atoms with Crippen LogP contribution in [0.25, 0.3) is 10.9 Å². The highest BCUT2D eigenvalue weighted by molar-refractivity contribution is 5.83. The molecule has 2 rings (SSSR count). The maximum Gasteiger partial charge on any atom is 0.0691 e. The zero-order chi connectivity index (χ0) is 14.0. The second kappa shape index (κ2) is 5.35. The molecule has 0 bridgehead atoms. The summed E-state index contributed by atoms with van der Waals surface area (Å²) in [4.78, 5) is 0. The average molecular weight is 260 g/mol. The number of nitrogens with zero attached hydrogens (tertiary/aromatic N) is 1. The van der Waals surface area contributed by atoms with E-state index in [1.807, 2.05) is 6.92 Å². The zero-order valence-electron chi connectivity index (χ0n) is 12.3. The van der Waals surface area contributed by atoms with Crippen LogP contribution >= 0.6 is 0 Å². The van der Waals surface area contributed by atoms with Crippen molar-refractivity contribution in [3.8, 4) is 0 Å². The molecule has 104 valence electrons. The minimum absolute atomic E-state index is 0.101. The number of hydrogen-bond acceptors (Lipinski definition) is 2. The summed E-state index contributed by atoms with van der Waals surface area (Å²) >= 11 is 0. The highest BCUT2D eigenvalue weighted by Crippen LogP contribution is 2.21. The maximum absolute atomic E-state index is 9.60. The molecular weight excluding hydrogens is 236 g/mol. The van der Waals surface area contributed by atoms with Gasteiger partial charge in [-0.3, -0.25) is 0 Å². The number of aromatic nitrogens is 1. The van der Waals surface area contributed by atoms with Gasteiger partial charge in [0.05, 0.1) is 11.6 Å². The van der Waals surface area contributed by atoms with E-state index in [1.54, 1.807) is 0 Å². The topological polar surface area (TPSA) is 37.2 Å². The molecule has 19 heavy (non-hydrogen) atoms. The maximum atomic E-state index is 9.60. The van der Waals surface area contributed by atoms with E-state index in [1.165, 1.54) is 16.5 Å². The molecule has 0 amide bonds. The molecule has 2 aromatic rings. The largest absolute Gasteiger partial charge is 0.392 e. The summed E-state index contributed by atoms with van der Waals surface area (Å²) < 4.78 is 2.14. The molecule has 1 aromatic carbocycles. The van der Waals surface area contributed by atoms with Crippen LogP contribution in [0.15, 0.2) is 30.5 Å². The van der Waals surface area contributed by atoms with Crippen molar-refractivity contribution in [1.29, 1.82) is 0 Å². The second-order valence-corrected chi connectivity index (χ2v) is 6.28. The highest BCUT2D eigenvalue weighted by atomic mass is 16.3. The molecule has 0 saturated heterocycles. The standard InChI is InChI=1S/C16H24N2O/c1-12(19)11-18-9-8-13-6-5-7-14(15(13)18)10-17-16(2,3)4/h5-9,12,17,19H,10-11H2,1-4H3. The molecule has 2 N–H and O–H groups in total. The van der Waals surface area contributed by atoms with Gasteiger partial charge in [0.15, 0.2) is 0 Å². The van der Waals surface area contributed by atoms with E-state index in [-0.39, 0.29) is 11.6 Å². The third-order valence-electron chi connectivity index (χ3n) is 3.14. The number of fused-ring (bicyclic) bond motifs is 1. The van der Waals surface area contributed by atoms with E-state index < -0.39 is 0 Å². The van der Waals surface area contributed by atoms with Gasteiger partial charge in [-0.1, -0.05) is 18.2 Å². The van der Waals surface area contributed by atoms with Crippen molar-refractivity contribution in [2.75, 3.05) is 0 Å². The fourth-order valence-corrected chi connectivity index (χ4v) is 2.28. The Balaban J connectivity index is 2.34. The lowest BCUT2D eigenvalue weighted by molar-refractivity contribution is 0.175. The van der Waals surface area contributed by atoms with Crippen LogP contribution < -0.4 is 5.32 Å². The number of rotatable bonds is 4. The Morgan fingerprint density at radius 1 is 1.26 bits per heavy atom. The molecule has 1 atom stereocenters. The number of nitrogens with one attached hydrogen (secondary N) is 1. The van der Waals surface area contributed by atoms with E-state index in [9.17, 15) is 5.11 Å². The van der Waals surface area contributed by atoms with Gasteiger partial charge in [-0.2, -0.15) is 0 Å². The number of benzene rings is 1. The molecular formula is C16H24N2O. The van der Waals surface area contributed by atoms with Gasteiger partial charge in [0.2, 0.25) is 0 Å². The van der Waals surface area contributed by atoms with Gasteiger partial charge in [-0.05, 0) is 44.7 Å². The fraction of sp³-hybridized carbons (Fsp3) is 0.500. The van der Waals surface area contributed by atoms with Gasteiger partial charge in [0, 0.05) is 24.8 Å². The van der Waals surface area contributed by atoms with E-state index >= 15 is 0 Å². The normalized spacial score (nSPS) is 13.9. The van der Waals surface area contributed by atoms with Gasteiger partial charge < -0.3 is 15.0 Å². The Kier molecular flexibility index (Phi) is 3.97. The van der Waals surface area contributed by atoms with E-state index in [0.717, 1.165) is 6.54 Å². The van der Waals surface area contributed by atoms with Gasteiger partial charge in [0.1, 0.15) is 0 Å². The van der Waals surface area contributed by atoms with Crippen LogP contribution in [0.2, 0.25) is 0 Å². The van der Waals surface area contributed by atoms with Crippen molar-refractivity contribution in [3.05, 3.63) is 36.0 Å². The van der Waals surface area contributed by atoms with Crippen LogP contribution in [-0.2, 0) is 13.1 Å². The van der Waals surface area contributed by atoms with Crippen molar-refractivity contribution in [2.45, 2.75) is 52.4 Å². The molecule has 3 heteroatoms. The molecule has 0 aliphatic carbocycles. The smallest absolute Gasteiger partial charge is 0.0691 e. The van der Waals surface area contributed by atoms with Crippen LogP contribution in [0.5, 0.6) is 0 Å². The van der Waals surface area contributed by atoms with Gasteiger partial charge in [0.25, 0.3) is 0 Å². The number of hydrogen-bond donors (Lipinski definition) is 2. The summed E-state index contributed by atoms with van der Waals surface area (Å²) in [5.74, 6) is 0. The summed E-state index contributed by atoms with van der Waals surface area (Å²) in [6.45, 7) is 9.80. The van der Waals surface area contributed by atoms with Crippen LogP contribution in [-0.4, -0.2) is 21.3 Å². The first kappa shape index (κ1) is 14.1. The van der Waals surface area contributed by atoms with Crippen LogP contribution in [0, 0.1) is 0 Å². The van der Waals surface area contributed by atoms with Crippen molar-refractivity contribution in [1.82, 2.24) is 9.88 Å². The van der Waals surface area contributed by atoms with Gasteiger partial charge in [-0.15, -0.1) is 0 Å². The zero-order valence-corrected chi connectivity index (χ0v) is 12.3. The minimum atomic E-state index is -0.334. The average Bonchev–Trinajstić information content (AvgIpc) is 2.69. The van der Waals surface area contributed by atoms with Crippen molar-refractivity contribution < 1.29 is 5.11 Å². The third kappa shape index (κ3) is 3.58. The Labute approximate surface area is 115 Å². The van der Waals surface area contributed by atoms with E-state index in [4.69, 9.17) is 0 Å². The minimum Gasteiger partial charge on any atom is -0.392 e. The van der Waals surface area contributed by atoms with Crippen LogP contribution in [0.3, 0.4) is 0 Å². The first-order valence-corrected chi connectivity index (χ1v) is 6.86. The molecule has 0 aliphatic heterocycles. The number of para-hydroxylation sites is 1. The van der Waals surface area contributed by atoms with Gasteiger partial charge in [-0.25, -0.2) is 0 Å². The fourth-order valence-electron chi connectivity index (χ4n) is 2.28. The Hall–Kier alpha value is -1.32. The first-order chi connectivity index (χ1) is 8.87. The second-order valence-electron chi connectivity index (χ2n) is 6.28. The summed E-state index contributed by atoms with van der Waals surface area (Å²) in [5, 5.41) is 14.4. The summed E-state index contributed by atoms with van der Waals surface area (Å²) in [6.07, 6.45) is 1.72. The number of aliphatic hydroxyl groups excluding tert-OH is 1. The van der Waals surface area contributed by atoms with Crippen LogP contribution in [0.1, 0.15) is 33.3 Å². The third-order valence-corrected chi connectivity index (χ3v) is 3.14. The lowest BCUT2D eigenvalue weighted by atomic mass is 10.1. The molecule has 0 radical (unpaired) electrons. The van der Waals surface area contributed by atoms with Crippen molar-refractivity contribution in [2.24, 2.45) is 0 Å². The molecule has 3 nitrogen and oxygen atoms in total. The molecule has 0 fully saturated rings. The molecule has 1 heterocycles. The van der Waals surface area contributed by atoms with Crippen LogP contribution in [0.4, 0.5) is 0 Å². The molecule has 1 unspecified atom stereocenters. The van der Waals surface area contributed by atoms with Crippen molar-refractivity contribution >= 4 is 10.9 Å². The molecule has 0 saturated carbocycles. The van der Waals surface area contributed by atoms with Crippen molar-refractivity contribution in [3.63, 3.8) is 0 Å². The lowest BCUT2D eigenvalue weighted by Gasteiger charge is -2.21. The SMILES string of the molecule is CC(O)Cn1ccc2cccc(CNC(C)(C)C)c21. The first-order valence-electron chi connectivity index (χ1n) is 6.86. The number of aliphatic hydroxyl groups is 1. The molecule has 1 aromatic heterocycles. The predicted octanol–water partition coefficient (Wildman–Crippen LogP) is 2.91. The molecule has 0 spiro atoms. The Morgan fingerprint density at radius 2 is 2.00 bits per heavy atom. The Bertz CT molecular complexity index is 549. The predicted molar refractivity (Wildman–Crippen MR) is 80.2 cm³/mol. The quantitative estimate of drug-likeness (QED) is 0.887.